The van der Waals surface area contributed by atoms with Gasteiger partial charge in [0.25, 0.3) is 5.78 Å². The molecule has 1 saturated heterocycles. The van der Waals surface area contributed by atoms with Crippen molar-refractivity contribution in [1.29, 1.82) is 0 Å². The number of hydrogen-bond donors (Lipinski definition) is 0. The average Bonchev–Trinajstić information content (AvgIpc) is 3.21. The van der Waals surface area contributed by atoms with Crippen molar-refractivity contribution in [1.82, 2.24) is 19.6 Å². The lowest BCUT2D eigenvalue weighted by Gasteiger charge is -2.22. The third kappa shape index (κ3) is 3.00. The van der Waals surface area contributed by atoms with E-state index >= 15 is 0 Å². The molecule has 0 N–H and O–H groups in total. The molecule has 8 heteroatoms. The molecule has 1 aromatic carbocycles. The standard InChI is InChI=1S/C17H17Cl2N5O/c1-10-11(2)22-17-20-9-21-24(17)16(10)23-6-5-13(8-23)25-12-3-4-14(18)15(19)7-12/h3-4,7,9,13H,5-6,8H2,1-2H3. The fraction of sp³-hybridized carbons (Fsp3) is 0.353. The van der Waals surface area contributed by atoms with Crippen molar-refractivity contribution in [3.63, 3.8) is 0 Å². The maximum atomic E-state index is 6.08. The van der Waals surface area contributed by atoms with Crippen LogP contribution in [0, 0.1) is 13.8 Å². The average molecular weight is 378 g/mol. The number of hydrogen-bond acceptors (Lipinski definition) is 5. The van der Waals surface area contributed by atoms with E-state index in [1.165, 1.54) is 6.33 Å². The summed E-state index contributed by atoms with van der Waals surface area (Å²) >= 11 is 12.0. The number of benzene rings is 1. The minimum Gasteiger partial charge on any atom is -0.488 e. The van der Waals surface area contributed by atoms with Crippen LogP contribution in [0.15, 0.2) is 24.5 Å². The van der Waals surface area contributed by atoms with Crippen LogP contribution in [0.2, 0.25) is 10.0 Å². The summed E-state index contributed by atoms with van der Waals surface area (Å²) in [7, 11) is 0. The van der Waals surface area contributed by atoms with Gasteiger partial charge < -0.3 is 9.64 Å². The minimum absolute atomic E-state index is 0.0729. The van der Waals surface area contributed by atoms with Crippen LogP contribution in [0.1, 0.15) is 17.7 Å². The summed E-state index contributed by atoms with van der Waals surface area (Å²) in [5, 5.41) is 5.35. The van der Waals surface area contributed by atoms with Crippen molar-refractivity contribution in [3.05, 3.63) is 45.8 Å². The van der Waals surface area contributed by atoms with Crippen LogP contribution in [-0.4, -0.2) is 38.8 Å². The zero-order valence-corrected chi connectivity index (χ0v) is 15.4. The van der Waals surface area contributed by atoms with Gasteiger partial charge in [0.05, 0.1) is 16.6 Å². The van der Waals surface area contributed by atoms with Crippen LogP contribution in [0.3, 0.4) is 0 Å². The van der Waals surface area contributed by atoms with Gasteiger partial charge in [-0.2, -0.15) is 14.6 Å². The molecule has 0 amide bonds. The molecule has 25 heavy (non-hydrogen) atoms. The highest BCUT2D eigenvalue weighted by Gasteiger charge is 2.28. The molecule has 0 radical (unpaired) electrons. The van der Waals surface area contributed by atoms with Gasteiger partial charge in [0.2, 0.25) is 0 Å². The zero-order chi connectivity index (χ0) is 17.6. The Kier molecular flexibility index (Phi) is 4.17. The van der Waals surface area contributed by atoms with Gasteiger partial charge in [-0.3, -0.25) is 0 Å². The van der Waals surface area contributed by atoms with Gasteiger partial charge in [-0.25, -0.2) is 4.98 Å². The summed E-state index contributed by atoms with van der Waals surface area (Å²) in [6.45, 7) is 5.70. The van der Waals surface area contributed by atoms with Gasteiger partial charge in [-0.1, -0.05) is 23.2 Å². The lowest BCUT2D eigenvalue weighted by atomic mass is 10.2. The number of halogens is 2. The molecule has 0 bridgehead atoms. The van der Waals surface area contributed by atoms with E-state index in [9.17, 15) is 0 Å². The predicted octanol–water partition coefficient (Wildman–Crippen LogP) is 3.71. The van der Waals surface area contributed by atoms with E-state index in [0.29, 0.717) is 15.8 Å². The zero-order valence-electron chi connectivity index (χ0n) is 13.9. The number of fused-ring (bicyclic) bond motifs is 1. The van der Waals surface area contributed by atoms with E-state index in [0.717, 1.165) is 42.3 Å². The maximum absolute atomic E-state index is 6.08. The fourth-order valence-electron chi connectivity index (χ4n) is 3.15. The topological polar surface area (TPSA) is 55.5 Å². The normalized spacial score (nSPS) is 17.4. The van der Waals surface area contributed by atoms with Crippen LogP contribution >= 0.6 is 23.2 Å². The van der Waals surface area contributed by atoms with Crippen LogP contribution < -0.4 is 9.64 Å². The Morgan fingerprint density at radius 2 is 2.04 bits per heavy atom. The second kappa shape index (κ2) is 6.35. The van der Waals surface area contributed by atoms with E-state index in [-0.39, 0.29) is 6.10 Å². The van der Waals surface area contributed by atoms with Crippen molar-refractivity contribution in [3.8, 4) is 5.75 Å². The Labute approximate surface area is 155 Å². The summed E-state index contributed by atoms with van der Waals surface area (Å²) in [5.41, 5.74) is 2.07. The summed E-state index contributed by atoms with van der Waals surface area (Å²) in [5.74, 6) is 2.38. The van der Waals surface area contributed by atoms with Gasteiger partial charge in [0.1, 0.15) is 24.0 Å². The van der Waals surface area contributed by atoms with Crippen LogP contribution in [0.25, 0.3) is 5.78 Å². The highest BCUT2D eigenvalue weighted by atomic mass is 35.5. The Morgan fingerprint density at radius 1 is 1.20 bits per heavy atom. The van der Waals surface area contributed by atoms with Gasteiger partial charge in [-0.05, 0) is 26.0 Å². The third-order valence-electron chi connectivity index (χ3n) is 4.51. The quantitative estimate of drug-likeness (QED) is 0.696. The first kappa shape index (κ1) is 16.4. The summed E-state index contributed by atoms with van der Waals surface area (Å²) in [6, 6.07) is 5.35. The molecule has 3 heterocycles. The number of aryl methyl sites for hydroxylation is 1. The van der Waals surface area contributed by atoms with Crippen molar-refractivity contribution in [2.45, 2.75) is 26.4 Å². The van der Waals surface area contributed by atoms with E-state index in [1.807, 2.05) is 13.0 Å². The van der Waals surface area contributed by atoms with Crippen LogP contribution in [0.4, 0.5) is 5.82 Å². The molecule has 1 atom stereocenters. The summed E-state index contributed by atoms with van der Waals surface area (Å²) < 4.78 is 7.88. The first-order chi connectivity index (χ1) is 12.0. The van der Waals surface area contributed by atoms with Crippen molar-refractivity contribution < 1.29 is 4.74 Å². The van der Waals surface area contributed by atoms with Crippen molar-refractivity contribution >= 4 is 34.8 Å². The molecule has 0 aliphatic carbocycles. The van der Waals surface area contributed by atoms with Gasteiger partial charge in [0, 0.05) is 30.3 Å². The molecule has 1 fully saturated rings. The van der Waals surface area contributed by atoms with Gasteiger partial charge in [-0.15, -0.1) is 0 Å². The molecule has 2 aromatic heterocycles. The molecule has 4 rings (SSSR count). The monoisotopic (exact) mass is 377 g/mol. The fourth-order valence-corrected chi connectivity index (χ4v) is 3.43. The Hall–Kier alpha value is -2.05. The number of rotatable bonds is 3. The van der Waals surface area contributed by atoms with Crippen LogP contribution in [-0.2, 0) is 0 Å². The lowest BCUT2D eigenvalue weighted by Crippen LogP contribution is -2.27. The highest BCUT2D eigenvalue weighted by Crippen LogP contribution is 2.30. The molecule has 0 saturated carbocycles. The molecular formula is C17H17Cl2N5O. The van der Waals surface area contributed by atoms with E-state index in [4.69, 9.17) is 27.9 Å². The third-order valence-corrected chi connectivity index (χ3v) is 5.25. The number of ether oxygens (including phenoxy) is 1. The number of anilines is 1. The van der Waals surface area contributed by atoms with Gasteiger partial charge in [0.15, 0.2) is 0 Å². The first-order valence-electron chi connectivity index (χ1n) is 8.06. The Bertz CT molecular complexity index is 942. The highest BCUT2D eigenvalue weighted by molar-refractivity contribution is 6.42. The maximum Gasteiger partial charge on any atom is 0.254 e. The SMILES string of the molecule is Cc1nc2ncnn2c(N2CCC(Oc3ccc(Cl)c(Cl)c3)C2)c1C. The number of nitrogens with zero attached hydrogens (tertiary/aromatic N) is 5. The second-order valence-corrected chi connectivity index (χ2v) is 6.98. The Balaban J connectivity index is 1.57. The molecular weight excluding hydrogens is 361 g/mol. The molecule has 1 aliphatic heterocycles. The molecule has 1 aliphatic rings. The van der Waals surface area contributed by atoms with Crippen molar-refractivity contribution in [2.75, 3.05) is 18.0 Å². The van der Waals surface area contributed by atoms with Crippen molar-refractivity contribution in [2.24, 2.45) is 0 Å². The van der Waals surface area contributed by atoms with Gasteiger partial charge >= 0.3 is 0 Å². The van der Waals surface area contributed by atoms with E-state index in [2.05, 4.69) is 26.9 Å². The molecule has 1 unspecified atom stereocenters. The lowest BCUT2D eigenvalue weighted by molar-refractivity contribution is 0.225. The molecule has 6 nitrogen and oxygen atoms in total. The Morgan fingerprint density at radius 3 is 2.84 bits per heavy atom. The second-order valence-electron chi connectivity index (χ2n) is 6.17. The van der Waals surface area contributed by atoms with E-state index in [1.54, 1.807) is 16.6 Å². The predicted molar refractivity (Wildman–Crippen MR) is 98.0 cm³/mol. The van der Waals surface area contributed by atoms with E-state index < -0.39 is 0 Å². The minimum atomic E-state index is 0.0729. The molecule has 0 spiro atoms. The van der Waals surface area contributed by atoms with Crippen LogP contribution in [0.5, 0.6) is 5.75 Å². The smallest absolute Gasteiger partial charge is 0.254 e. The largest absolute Gasteiger partial charge is 0.488 e. The first-order valence-corrected chi connectivity index (χ1v) is 8.82. The molecule has 3 aromatic rings. The molecule has 130 valence electrons. The number of aromatic nitrogens is 4. The summed E-state index contributed by atoms with van der Waals surface area (Å²) in [6.07, 6.45) is 2.52. The summed E-state index contributed by atoms with van der Waals surface area (Å²) in [4.78, 5) is 11.0.